The molecule has 0 aliphatic heterocycles. The van der Waals surface area contributed by atoms with Crippen molar-refractivity contribution in [3.8, 4) is 5.88 Å². The van der Waals surface area contributed by atoms with Crippen LogP contribution >= 0.6 is 0 Å². The monoisotopic (exact) mass is 235 g/mol. The predicted octanol–water partition coefficient (Wildman–Crippen LogP) is 2.82. The van der Waals surface area contributed by atoms with Gasteiger partial charge in [0.15, 0.2) is 0 Å². The average Bonchev–Trinajstić information content (AvgIpc) is 3.12. The molecule has 4 heteroatoms. The van der Waals surface area contributed by atoms with Crippen molar-refractivity contribution in [2.24, 2.45) is 5.92 Å². The third-order valence-electron chi connectivity index (χ3n) is 3.12. The molecule has 0 radical (unpaired) electrons. The van der Waals surface area contributed by atoms with E-state index in [2.05, 4.69) is 29.1 Å². The number of rotatable bonds is 6. The first kappa shape index (κ1) is 12.1. The fraction of sp³-hybridized carbons (Fsp3) is 0.692. The number of hydrogen-bond acceptors (Lipinski definition) is 4. The van der Waals surface area contributed by atoms with Crippen molar-refractivity contribution in [3.63, 3.8) is 0 Å². The van der Waals surface area contributed by atoms with E-state index in [9.17, 15) is 0 Å². The molecule has 2 rings (SSSR count). The minimum absolute atomic E-state index is 0.356. The quantitative estimate of drug-likeness (QED) is 0.823. The van der Waals surface area contributed by atoms with Gasteiger partial charge in [0, 0.05) is 7.05 Å². The highest BCUT2D eigenvalue weighted by Crippen LogP contribution is 2.33. The van der Waals surface area contributed by atoms with Gasteiger partial charge in [0.25, 0.3) is 0 Å². The van der Waals surface area contributed by atoms with Gasteiger partial charge in [-0.15, -0.1) is 0 Å². The van der Waals surface area contributed by atoms with Crippen molar-refractivity contribution >= 4 is 5.82 Å². The lowest BCUT2D eigenvalue weighted by molar-refractivity contribution is 0.286. The Balaban J connectivity index is 2.07. The minimum atomic E-state index is 0.356. The summed E-state index contributed by atoms with van der Waals surface area (Å²) in [5, 5.41) is 3.10. The molecule has 94 valence electrons. The van der Waals surface area contributed by atoms with Crippen molar-refractivity contribution in [3.05, 3.63) is 11.9 Å². The zero-order valence-corrected chi connectivity index (χ0v) is 10.9. The number of ether oxygens (including phenoxy) is 1. The Bertz CT molecular complexity index is 375. The maximum Gasteiger partial charge on any atom is 0.222 e. The van der Waals surface area contributed by atoms with Crippen LogP contribution in [-0.2, 0) is 0 Å². The van der Waals surface area contributed by atoms with E-state index < -0.39 is 0 Å². The second-order valence-electron chi connectivity index (χ2n) is 4.93. The number of nitrogens with one attached hydrogen (secondary N) is 1. The largest absolute Gasteiger partial charge is 0.477 e. The van der Waals surface area contributed by atoms with Crippen molar-refractivity contribution in [1.82, 2.24) is 9.97 Å². The molecule has 1 aromatic heterocycles. The summed E-state index contributed by atoms with van der Waals surface area (Å²) in [5.74, 6) is 2.86. The Kier molecular flexibility index (Phi) is 3.82. The molecule has 0 spiro atoms. The Morgan fingerprint density at radius 3 is 2.76 bits per heavy atom. The number of hydrogen-bond donors (Lipinski definition) is 1. The Morgan fingerprint density at radius 1 is 1.41 bits per heavy atom. The van der Waals surface area contributed by atoms with Crippen LogP contribution in [0.1, 0.15) is 44.6 Å². The van der Waals surface area contributed by atoms with E-state index in [1.807, 2.05) is 7.05 Å². The van der Waals surface area contributed by atoms with Gasteiger partial charge in [-0.3, -0.25) is 0 Å². The topological polar surface area (TPSA) is 47.0 Å². The third-order valence-corrected chi connectivity index (χ3v) is 3.12. The molecule has 1 heterocycles. The van der Waals surface area contributed by atoms with E-state index in [-0.39, 0.29) is 0 Å². The second kappa shape index (κ2) is 5.34. The summed E-state index contributed by atoms with van der Waals surface area (Å²) >= 11 is 0. The van der Waals surface area contributed by atoms with E-state index in [1.165, 1.54) is 12.8 Å². The molecule has 1 aliphatic carbocycles. The fourth-order valence-corrected chi connectivity index (χ4v) is 1.94. The first-order valence-electron chi connectivity index (χ1n) is 6.37. The number of nitrogens with zero attached hydrogens (tertiary/aromatic N) is 2. The van der Waals surface area contributed by atoms with Crippen LogP contribution in [-0.4, -0.2) is 23.6 Å². The first-order chi connectivity index (χ1) is 8.22. The standard InChI is InChI=1S/C13H21N3O/c1-9(2)11-12(14-3)15-8-16-13(11)17-7-6-10-4-5-10/h8-10H,4-7H2,1-3H3,(H,14,15,16). The van der Waals surface area contributed by atoms with E-state index in [0.717, 1.165) is 36.2 Å². The highest BCUT2D eigenvalue weighted by atomic mass is 16.5. The fourth-order valence-electron chi connectivity index (χ4n) is 1.94. The maximum absolute atomic E-state index is 5.80. The van der Waals surface area contributed by atoms with E-state index >= 15 is 0 Å². The lowest BCUT2D eigenvalue weighted by Crippen LogP contribution is -2.08. The molecule has 1 fully saturated rings. The molecule has 0 amide bonds. The van der Waals surface area contributed by atoms with Crippen LogP contribution < -0.4 is 10.1 Å². The van der Waals surface area contributed by atoms with Gasteiger partial charge in [-0.1, -0.05) is 26.7 Å². The van der Waals surface area contributed by atoms with Gasteiger partial charge in [-0.2, -0.15) is 0 Å². The highest BCUT2D eigenvalue weighted by molar-refractivity contribution is 5.50. The van der Waals surface area contributed by atoms with Crippen LogP contribution in [0.5, 0.6) is 5.88 Å². The summed E-state index contributed by atoms with van der Waals surface area (Å²) in [6.45, 7) is 5.03. The van der Waals surface area contributed by atoms with Crippen molar-refractivity contribution in [2.75, 3.05) is 19.0 Å². The molecular weight excluding hydrogens is 214 g/mol. The molecule has 1 saturated carbocycles. The van der Waals surface area contributed by atoms with Crippen LogP contribution in [0.25, 0.3) is 0 Å². The lowest BCUT2D eigenvalue weighted by atomic mass is 10.1. The van der Waals surface area contributed by atoms with E-state index in [1.54, 1.807) is 6.33 Å². The molecule has 1 aromatic rings. The summed E-state index contributed by atoms with van der Waals surface area (Å²) in [6, 6.07) is 0. The number of anilines is 1. The van der Waals surface area contributed by atoms with E-state index in [0.29, 0.717) is 5.92 Å². The summed E-state index contributed by atoms with van der Waals surface area (Å²) in [4.78, 5) is 8.48. The Labute approximate surface area is 103 Å². The van der Waals surface area contributed by atoms with Gasteiger partial charge < -0.3 is 10.1 Å². The molecule has 0 aromatic carbocycles. The molecule has 17 heavy (non-hydrogen) atoms. The number of aromatic nitrogens is 2. The van der Waals surface area contributed by atoms with Crippen LogP contribution in [0.3, 0.4) is 0 Å². The summed E-state index contributed by atoms with van der Waals surface area (Å²) < 4.78 is 5.80. The van der Waals surface area contributed by atoms with Gasteiger partial charge in [0.05, 0.1) is 12.2 Å². The maximum atomic E-state index is 5.80. The van der Waals surface area contributed by atoms with Gasteiger partial charge in [-0.25, -0.2) is 9.97 Å². The van der Waals surface area contributed by atoms with Crippen LogP contribution in [0.2, 0.25) is 0 Å². The molecule has 0 saturated heterocycles. The summed E-state index contributed by atoms with van der Waals surface area (Å²) in [5.41, 5.74) is 1.07. The lowest BCUT2D eigenvalue weighted by Gasteiger charge is -2.15. The molecule has 4 nitrogen and oxygen atoms in total. The van der Waals surface area contributed by atoms with Crippen LogP contribution in [0, 0.1) is 5.92 Å². The normalized spacial score (nSPS) is 15.1. The molecule has 0 unspecified atom stereocenters. The van der Waals surface area contributed by atoms with Gasteiger partial charge in [0.2, 0.25) is 5.88 Å². The Hall–Kier alpha value is -1.32. The van der Waals surface area contributed by atoms with Gasteiger partial charge in [0.1, 0.15) is 12.1 Å². The smallest absolute Gasteiger partial charge is 0.222 e. The SMILES string of the molecule is CNc1ncnc(OCCC2CC2)c1C(C)C. The van der Waals surface area contributed by atoms with E-state index in [4.69, 9.17) is 4.74 Å². The molecule has 0 bridgehead atoms. The summed E-state index contributed by atoms with van der Waals surface area (Å²) in [6.07, 6.45) is 5.44. The molecule has 0 atom stereocenters. The van der Waals surface area contributed by atoms with Crippen molar-refractivity contribution in [2.45, 2.75) is 39.0 Å². The third kappa shape index (κ3) is 3.08. The molecular formula is C13H21N3O. The second-order valence-corrected chi connectivity index (χ2v) is 4.93. The predicted molar refractivity (Wildman–Crippen MR) is 68.5 cm³/mol. The van der Waals surface area contributed by atoms with Crippen molar-refractivity contribution < 1.29 is 4.74 Å². The molecule has 1 N–H and O–H groups in total. The highest BCUT2D eigenvalue weighted by Gasteiger charge is 2.21. The zero-order chi connectivity index (χ0) is 12.3. The van der Waals surface area contributed by atoms with Gasteiger partial charge in [-0.05, 0) is 18.3 Å². The first-order valence-corrected chi connectivity index (χ1v) is 6.37. The van der Waals surface area contributed by atoms with Crippen LogP contribution in [0.15, 0.2) is 6.33 Å². The Morgan fingerprint density at radius 2 is 2.18 bits per heavy atom. The van der Waals surface area contributed by atoms with Crippen LogP contribution in [0.4, 0.5) is 5.82 Å². The average molecular weight is 235 g/mol. The minimum Gasteiger partial charge on any atom is -0.477 e. The van der Waals surface area contributed by atoms with Crippen molar-refractivity contribution in [1.29, 1.82) is 0 Å². The zero-order valence-electron chi connectivity index (χ0n) is 10.9. The summed E-state index contributed by atoms with van der Waals surface area (Å²) in [7, 11) is 1.88. The molecule has 1 aliphatic rings. The van der Waals surface area contributed by atoms with Gasteiger partial charge >= 0.3 is 0 Å².